The first-order chi connectivity index (χ1) is 8.69. The molecular formula is C14H28N2O2. The molecule has 1 fully saturated rings. The van der Waals surface area contributed by atoms with Crippen LogP contribution in [0, 0.1) is 5.92 Å². The first-order valence-corrected chi connectivity index (χ1v) is 7.29. The standard InChI is InChI=1S/C14H28N2O2/c1-12(8-9-15)6-7-14(18)16(10-11-17)13-4-2-3-5-13/h12-13,17H,2-11,15H2,1H3. The molecule has 1 amide bonds. The topological polar surface area (TPSA) is 66.6 Å². The van der Waals surface area contributed by atoms with E-state index >= 15 is 0 Å². The van der Waals surface area contributed by atoms with Crippen molar-refractivity contribution in [2.24, 2.45) is 11.7 Å². The van der Waals surface area contributed by atoms with Crippen molar-refractivity contribution in [2.75, 3.05) is 19.7 Å². The highest BCUT2D eigenvalue weighted by molar-refractivity contribution is 5.76. The molecule has 1 rings (SSSR count). The average molecular weight is 256 g/mol. The van der Waals surface area contributed by atoms with Crippen molar-refractivity contribution >= 4 is 5.91 Å². The molecule has 106 valence electrons. The number of rotatable bonds is 8. The molecule has 1 aliphatic carbocycles. The van der Waals surface area contributed by atoms with Gasteiger partial charge in [0.1, 0.15) is 0 Å². The molecular weight excluding hydrogens is 228 g/mol. The molecule has 0 radical (unpaired) electrons. The van der Waals surface area contributed by atoms with Crippen LogP contribution in [0.4, 0.5) is 0 Å². The Balaban J connectivity index is 2.38. The average Bonchev–Trinajstić information content (AvgIpc) is 2.87. The summed E-state index contributed by atoms with van der Waals surface area (Å²) in [5, 5.41) is 9.10. The summed E-state index contributed by atoms with van der Waals surface area (Å²) in [4.78, 5) is 14.1. The molecule has 0 bridgehead atoms. The van der Waals surface area contributed by atoms with E-state index in [0.717, 1.165) is 25.7 Å². The SMILES string of the molecule is CC(CCN)CCC(=O)N(CCO)C1CCCC1. The number of hydrogen-bond donors (Lipinski definition) is 2. The molecule has 1 unspecified atom stereocenters. The zero-order valence-electron chi connectivity index (χ0n) is 11.6. The van der Waals surface area contributed by atoms with E-state index in [4.69, 9.17) is 10.8 Å². The lowest BCUT2D eigenvalue weighted by Crippen LogP contribution is -2.40. The van der Waals surface area contributed by atoms with Gasteiger partial charge in [-0.2, -0.15) is 0 Å². The first kappa shape index (κ1) is 15.4. The lowest BCUT2D eigenvalue weighted by atomic mass is 10.0. The maximum absolute atomic E-state index is 12.2. The van der Waals surface area contributed by atoms with E-state index in [0.29, 0.717) is 31.5 Å². The molecule has 1 saturated carbocycles. The van der Waals surface area contributed by atoms with Gasteiger partial charge in [0.2, 0.25) is 5.91 Å². The third-order valence-corrected chi connectivity index (χ3v) is 3.94. The summed E-state index contributed by atoms with van der Waals surface area (Å²) in [6, 6.07) is 0.370. The van der Waals surface area contributed by atoms with Crippen molar-refractivity contribution in [3.05, 3.63) is 0 Å². The fraction of sp³-hybridized carbons (Fsp3) is 0.929. The van der Waals surface area contributed by atoms with E-state index in [2.05, 4.69) is 6.92 Å². The molecule has 0 aliphatic heterocycles. The predicted octanol–water partition coefficient (Wildman–Crippen LogP) is 1.51. The third kappa shape index (κ3) is 4.94. The lowest BCUT2D eigenvalue weighted by molar-refractivity contribution is -0.134. The fourth-order valence-corrected chi connectivity index (χ4v) is 2.78. The molecule has 0 spiro atoms. The van der Waals surface area contributed by atoms with E-state index < -0.39 is 0 Å². The molecule has 0 aromatic carbocycles. The minimum absolute atomic E-state index is 0.0700. The summed E-state index contributed by atoms with van der Waals surface area (Å²) >= 11 is 0. The molecule has 4 nitrogen and oxygen atoms in total. The van der Waals surface area contributed by atoms with Crippen LogP contribution < -0.4 is 5.73 Å². The van der Waals surface area contributed by atoms with Gasteiger partial charge in [0, 0.05) is 19.0 Å². The number of carbonyl (C=O) groups excluding carboxylic acids is 1. The maximum Gasteiger partial charge on any atom is 0.222 e. The van der Waals surface area contributed by atoms with E-state index in [-0.39, 0.29) is 12.5 Å². The summed E-state index contributed by atoms with van der Waals surface area (Å²) in [7, 11) is 0. The Labute approximate surface area is 111 Å². The maximum atomic E-state index is 12.2. The quantitative estimate of drug-likeness (QED) is 0.692. The Kier molecular flexibility index (Phi) is 7.28. The summed E-state index contributed by atoms with van der Waals surface area (Å²) < 4.78 is 0. The lowest BCUT2D eigenvalue weighted by Gasteiger charge is -2.28. The Morgan fingerprint density at radius 1 is 1.39 bits per heavy atom. The predicted molar refractivity (Wildman–Crippen MR) is 73.1 cm³/mol. The van der Waals surface area contributed by atoms with Crippen LogP contribution in [-0.4, -0.2) is 41.7 Å². The van der Waals surface area contributed by atoms with E-state index in [1.165, 1.54) is 12.8 Å². The monoisotopic (exact) mass is 256 g/mol. The van der Waals surface area contributed by atoms with Crippen LogP contribution in [0.2, 0.25) is 0 Å². The van der Waals surface area contributed by atoms with E-state index in [1.54, 1.807) is 0 Å². The Hall–Kier alpha value is -0.610. The molecule has 1 atom stereocenters. The van der Waals surface area contributed by atoms with Gasteiger partial charge in [0.15, 0.2) is 0 Å². The van der Waals surface area contributed by atoms with Gasteiger partial charge in [-0.1, -0.05) is 19.8 Å². The van der Waals surface area contributed by atoms with Crippen molar-refractivity contribution in [3.8, 4) is 0 Å². The van der Waals surface area contributed by atoms with Crippen molar-refractivity contribution in [3.63, 3.8) is 0 Å². The Bertz CT molecular complexity index is 240. The number of amides is 1. The normalized spacial score (nSPS) is 17.9. The fourth-order valence-electron chi connectivity index (χ4n) is 2.78. The number of aliphatic hydroxyl groups is 1. The third-order valence-electron chi connectivity index (χ3n) is 3.94. The zero-order chi connectivity index (χ0) is 13.4. The molecule has 0 aromatic heterocycles. The molecule has 0 aromatic rings. The highest BCUT2D eigenvalue weighted by atomic mass is 16.3. The first-order valence-electron chi connectivity index (χ1n) is 7.29. The largest absolute Gasteiger partial charge is 0.395 e. The van der Waals surface area contributed by atoms with Crippen LogP contribution in [0.15, 0.2) is 0 Å². The van der Waals surface area contributed by atoms with Crippen LogP contribution in [0.3, 0.4) is 0 Å². The van der Waals surface area contributed by atoms with Gasteiger partial charge < -0.3 is 15.7 Å². The summed E-state index contributed by atoms with van der Waals surface area (Å²) in [6.07, 6.45) is 7.11. The number of nitrogens with zero attached hydrogens (tertiary/aromatic N) is 1. The van der Waals surface area contributed by atoms with Gasteiger partial charge in [0.05, 0.1) is 6.61 Å². The van der Waals surface area contributed by atoms with Crippen LogP contribution in [0.25, 0.3) is 0 Å². The highest BCUT2D eigenvalue weighted by Gasteiger charge is 2.25. The van der Waals surface area contributed by atoms with Crippen LogP contribution in [0.5, 0.6) is 0 Å². The summed E-state index contributed by atoms with van der Waals surface area (Å²) in [5.74, 6) is 0.721. The van der Waals surface area contributed by atoms with E-state index in [9.17, 15) is 4.79 Å². The van der Waals surface area contributed by atoms with Crippen LogP contribution >= 0.6 is 0 Å². The van der Waals surface area contributed by atoms with Crippen LogP contribution in [0.1, 0.15) is 51.9 Å². The van der Waals surface area contributed by atoms with Gasteiger partial charge in [-0.3, -0.25) is 4.79 Å². The number of hydrogen-bond acceptors (Lipinski definition) is 3. The minimum atomic E-state index is 0.0700. The summed E-state index contributed by atoms with van der Waals surface area (Å²) in [5.41, 5.74) is 5.51. The van der Waals surface area contributed by atoms with Crippen molar-refractivity contribution in [1.82, 2.24) is 4.90 Å². The van der Waals surface area contributed by atoms with Gasteiger partial charge in [-0.25, -0.2) is 0 Å². The van der Waals surface area contributed by atoms with Gasteiger partial charge in [-0.05, 0) is 38.1 Å². The van der Waals surface area contributed by atoms with Gasteiger partial charge >= 0.3 is 0 Å². The molecule has 0 saturated heterocycles. The minimum Gasteiger partial charge on any atom is -0.395 e. The van der Waals surface area contributed by atoms with Crippen molar-refractivity contribution in [1.29, 1.82) is 0 Å². The second kappa shape index (κ2) is 8.48. The Morgan fingerprint density at radius 2 is 2.06 bits per heavy atom. The second-order valence-corrected chi connectivity index (χ2v) is 5.47. The number of carbonyl (C=O) groups is 1. The zero-order valence-corrected chi connectivity index (χ0v) is 11.6. The molecule has 3 N–H and O–H groups in total. The molecule has 0 heterocycles. The van der Waals surface area contributed by atoms with Gasteiger partial charge in [0.25, 0.3) is 0 Å². The van der Waals surface area contributed by atoms with Crippen molar-refractivity contribution < 1.29 is 9.90 Å². The molecule has 18 heavy (non-hydrogen) atoms. The van der Waals surface area contributed by atoms with Crippen LogP contribution in [-0.2, 0) is 4.79 Å². The number of aliphatic hydroxyl groups excluding tert-OH is 1. The van der Waals surface area contributed by atoms with Crippen molar-refractivity contribution in [2.45, 2.75) is 57.9 Å². The summed E-state index contributed by atoms with van der Waals surface area (Å²) in [6.45, 7) is 3.40. The highest BCUT2D eigenvalue weighted by Crippen LogP contribution is 2.24. The molecule has 1 aliphatic rings. The number of nitrogens with two attached hydrogens (primary N) is 1. The van der Waals surface area contributed by atoms with Gasteiger partial charge in [-0.15, -0.1) is 0 Å². The Morgan fingerprint density at radius 3 is 2.61 bits per heavy atom. The second-order valence-electron chi connectivity index (χ2n) is 5.47. The smallest absolute Gasteiger partial charge is 0.222 e. The molecule has 4 heteroatoms. The van der Waals surface area contributed by atoms with E-state index in [1.807, 2.05) is 4.90 Å².